The first-order valence-electron chi connectivity index (χ1n) is 5.94. The van der Waals surface area contributed by atoms with E-state index >= 15 is 0 Å². The van der Waals surface area contributed by atoms with E-state index in [0.29, 0.717) is 18.4 Å². The summed E-state index contributed by atoms with van der Waals surface area (Å²) in [4.78, 5) is 10.1. The summed E-state index contributed by atoms with van der Waals surface area (Å²) in [5, 5.41) is 23.3. The van der Waals surface area contributed by atoms with Gasteiger partial charge in [0.2, 0.25) is 0 Å². The van der Waals surface area contributed by atoms with Crippen LogP contribution in [0.2, 0.25) is 6.32 Å². The number of nitro groups is 1. The molecule has 0 amide bonds. The summed E-state index contributed by atoms with van der Waals surface area (Å²) in [6.45, 7) is 1.77. The van der Waals surface area contributed by atoms with Crippen LogP contribution in [0.15, 0.2) is 18.2 Å². The van der Waals surface area contributed by atoms with E-state index in [1.807, 2.05) is 0 Å². The van der Waals surface area contributed by atoms with Gasteiger partial charge in [-0.3, -0.25) is 10.1 Å². The largest absolute Gasteiger partial charge is 0.374 e. The van der Waals surface area contributed by atoms with Crippen molar-refractivity contribution in [3.05, 3.63) is 33.9 Å². The highest BCUT2D eigenvalue weighted by Crippen LogP contribution is 2.22. The van der Waals surface area contributed by atoms with Crippen molar-refractivity contribution in [1.82, 2.24) is 0 Å². The third-order valence-electron chi connectivity index (χ3n) is 2.67. The monoisotopic (exact) mass is 248 g/mol. The van der Waals surface area contributed by atoms with Crippen LogP contribution in [0.5, 0.6) is 0 Å². The van der Waals surface area contributed by atoms with Crippen molar-refractivity contribution in [2.75, 3.05) is 5.32 Å². The highest BCUT2D eigenvalue weighted by Gasteiger charge is 2.10. The molecule has 5 nitrogen and oxygen atoms in total. The van der Waals surface area contributed by atoms with E-state index in [4.69, 9.17) is 7.85 Å². The molecule has 0 aliphatic rings. The summed E-state index contributed by atoms with van der Waals surface area (Å²) >= 11 is 0. The third-order valence-corrected chi connectivity index (χ3v) is 2.67. The molecule has 0 aromatic heterocycles. The Kier molecular flexibility index (Phi) is 5.65. The van der Waals surface area contributed by atoms with Crippen molar-refractivity contribution < 1.29 is 10.0 Å². The van der Waals surface area contributed by atoms with E-state index < -0.39 is 11.2 Å². The number of anilines is 1. The van der Waals surface area contributed by atoms with Crippen LogP contribution >= 0.6 is 0 Å². The number of hydrogen-bond acceptors (Lipinski definition) is 4. The molecule has 1 atom stereocenters. The summed E-state index contributed by atoms with van der Waals surface area (Å²) < 4.78 is 0. The summed E-state index contributed by atoms with van der Waals surface area (Å²) in [6.07, 6.45) is 2.28. The Labute approximate surface area is 108 Å². The van der Waals surface area contributed by atoms with Gasteiger partial charge in [0, 0.05) is 17.8 Å². The minimum atomic E-state index is -0.656. The van der Waals surface area contributed by atoms with E-state index in [2.05, 4.69) is 5.32 Å². The topological polar surface area (TPSA) is 75.4 Å². The smallest absolute Gasteiger partial charge is 0.269 e. The first-order valence-corrected chi connectivity index (χ1v) is 5.94. The Balaban J connectivity index is 2.59. The number of unbranched alkanes of at least 4 members (excludes halogenated alkanes) is 1. The molecule has 0 saturated heterocycles. The number of hydrogen-bond donors (Lipinski definition) is 2. The summed E-state index contributed by atoms with van der Waals surface area (Å²) in [7, 11) is 5.37. The molecule has 1 aromatic rings. The first-order chi connectivity index (χ1) is 8.54. The molecule has 0 aliphatic carbocycles. The van der Waals surface area contributed by atoms with Crippen molar-refractivity contribution in [2.24, 2.45) is 0 Å². The van der Waals surface area contributed by atoms with Crippen LogP contribution in [0.1, 0.15) is 24.8 Å². The fraction of sp³-hybridized carbons (Fsp3) is 0.500. The third kappa shape index (κ3) is 4.37. The number of aliphatic hydroxyl groups excluding tert-OH is 1. The molecule has 0 fully saturated rings. The lowest BCUT2D eigenvalue weighted by Gasteiger charge is -2.15. The second kappa shape index (κ2) is 7.01. The predicted octanol–water partition coefficient (Wildman–Crippen LogP) is 2.39. The fourth-order valence-electron chi connectivity index (χ4n) is 1.66. The number of rotatable bonds is 7. The van der Waals surface area contributed by atoms with E-state index in [0.717, 1.165) is 18.4 Å². The minimum Gasteiger partial charge on any atom is -0.374 e. The number of benzene rings is 1. The number of aliphatic hydroxyl groups is 1. The quantitative estimate of drug-likeness (QED) is 0.255. The van der Waals surface area contributed by atoms with E-state index in [9.17, 15) is 15.2 Å². The molecule has 1 aromatic carbocycles. The van der Waals surface area contributed by atoms with Gasteiger partial charge in [-0.2, -0.15) is 0 Å². The maximum absolute atomic E-state index is 10.6. The van der Waals surface area contributed by atoms with Crippen molar-refractivity contribution in [3.63, 3.8) is 0 Å². The maximum atomic E-state index is 10.6. The van der Waals surface area contributed by atoms with Gasteiger partial charge in [0.05, 0.1) is 12.8 Å². The maximum Gasteiger partial charge on any atom is 0.269 e. The zero-order valence-corrected chi connectivity index (χ0v) is 10.4. The van der Waals surface area contributed by atoms with E-state index in [-0.39, 0.29) is 5.69 Å². The zero-order chi connectivity index (χ0) is 13.5. The van der Waals surface area contributed by atoms with Crippen LogP contribution in [0.3, 0.4) is 0 Å². The lowest BCUT2D eigenvalue weighted by molar-refractivity contribution is -0.384. The lowest BCUT2D eigenvalue weighted by Crippen LogP contribution is -2.19. The SMILES string of the molecule is [B]CCCCC(O)Nc1ccc([N+](=O)[O-])cc1C. The van der Waals surface area contributed by atoms with E-state index in [1.54, 1.807) is 13.0 Å². The molecule has 0 spiro atoms. The van der Waals surface area contributed by atoms with Crippen molar-refractivity contribution in [1.29, 1.82) is 0 Å². The van der Waals surface area contributed by atoms with Gasteiger partial charge in [-0.05, 0) is 31.4 Å². The molecule has 6 heteroatoms. The van der Waals surface area contributed by atoms with Gasteiger partial charge in [-0.1, -0.05) is 12.7 Å². The molecule has 18 heavy (non-hydrogen) atoms. The Morgan fingerprint density at radius 3 is 2.78 bits per heavy atom. The minimum absolute atomic E-state index is 0.0515. The second-order valence-corrected chi connectivity index (χ2v) is 4.20. The molecule has 1 rings (SSSR count). The molecular weight excluding hydrogens is 231 g/mol. The normalized spacial score (nSPS) is 12.1. The number of aryl methyl sites for hydroxylation is 1. The molecule has 0 bridgehead atoms. The van der Waals surface area contributed by atoms with Gasteiger partial charge in [-0.15, -0.1) is 0 Å². The number of non-ortho nitro benzene ring substituents is 1. The fourth-order valence-corrected chi connectivity index (χ4v) is 1.66. The van der Waals surface area contributed by atoms with Crippen LogP contribution in [0, 0.1) is 17.0 Å². The van der Waals surface area contributed by atoms with Gasteiger partial charge in [0.1, 0.15) is 6.23 Å². The summed E-state index contributed by atoms with van der Waals surface area (Å²) in [5.74, 6) is 0. The molecule has 96 valence electrons. The molecule has 2 N–H and O–H groups in total. The van der Waals surface area contributed by atoms with Crippen molar-refractivity contribution >= 4 is 19.2 Å². The number of nitrogens with zero attached hydrogens (tertiary/aromatic N) is 1. The lowest BCUT2D eigenvalue weighted by atomic mass is 9.99. The molecule has 2 radical (unpaired) electrons. The highest BCUT2D eigenvalue weighted by molar-refractivity contribution is 6.08. The number of nitrogens with one attached hydrogen (secondary N) is 1. The number of nitro benzene ring substituents is 1. The van der Waals surface area contributed by atoms with Gasteiger partial charge in [0.15, 0.2) is 0 Å². The molecule has 0 heterocycles. The van der Waals surface area contributed by atoms with E-state index in [1.165, 1.54) is 12.1 Å². The second-order valence-electron chi connectivity index (χ2n) is 4.20. The molecule has 0 aliphatic heterocycles. The van der Waals surface area contributed by atoms with Crippen LogP contribution < -0.4 is 5.32 Å². The molecule has 1 unspecified atom stereocenters. The highest BCUT2D eigenvalue weighted by atomic mass is 16.6. The first kappa shape index (κ1) is 14.5. The molecular formula is C12H17BN2O3. The Morgan fingerprint density at radius 1 is 1.50 bits per heavy atom. The van der Waals surface area contributed by atoms with Crippen LogP contribution in [0.4, 0.5) is 11.4 Å². The Hall–Kier alpha value is -1.56. The van der Waals surface area contributed by atoms with Gasteiger partial charge in [0.25, 0.3) is 5.69 Å². The average Bonchev–Trinajstić information content (AvgIpc) is 2.32. The summed E-state index contributed by atoms with van der Waals surface area (Å²) in [6, 6.07) is 4.51. The predicted molar refractivity (Wildman–Crippen MR) is 71.9 cm³/mol. The molecule has 0 saturated carbocycles. The van der Waals surface area contributed by atoms with Crippen molar-refractivity contribution in [2.45, 2.75) is 38.7 Å². The summed E-state index contributed by atoms with van der Waals surface area (Å²) in [5.41, 5.74) is 1.50. The Bertz CT molecular complexity index is 412. The van der Waals surface area contributed by atoms with Crippen LogP contribution in [-0.2, 0) is 0 Å². The van der Waals surface area contributed by atoms with Crippen LogP contribution in [-0.4, -0.2) is 24.1 Å². The zero-order valence-electron chi connectivity index (χ0n) is 10.4. The van der Waals surface area contributed by atoms with Crippen molar-refractivity contribution in [3.8, 4) is 0 Å². The average molecular weight is 248 g/mol. The van der Waals surface area contributed by atoms with Gasteiger partial charge < -0.3 is 10.4 Å². The standard InChI is InChI=1S/C12H17BN2O3/c1-9-8-10(15(17)18)5-6-11(9)14-12(16)4-2-3-7-13/h5-6,8,12,14,16H,2-4,7H2,1H3. The van der Waals surface area contributed by atoms with Gasteiger partial charge >= 0.3 is 0 Å². The van der Waals surface area contributed by atoms with Gasteiger partial charge in [-0.25, -0.2) is 0 Å². The Morgan fingerprint density at radius 2 is 2.22 bits per heavy atom. The van der Waals surface area contributed by atoms with Crippen LogP contribution in [0.25, 0.3) is 0 Å².